The quantitative estimate of drug-likeness (QED) is 0.825. The summed E-state index contributed by atoms with van der Waals surface area (Å²) in [6.45, 7) is 0.928. The van der Waals surface area contributed by atoms with E-state index in [1.54, 1.807) is 11.3 Å². The minimum Gasteiger partial charge on any atom is -0.309 e. The molecule has 1 aromatic rings. The van der Waals surface area contributed by atoms with Crippen molar-refractivity contribution in [2.45, 2.75) is 38.3 Å². The molecule has 1 aliphatic rings. The highest BCUT2D eigenvalue weighted by atomic mass is 32.1. The van der Waals surface area contributed by atoms with E-state index in [0.717, 1.165) is 11.4 Å². The summed E-state index contributed by atoms with van der Waals surface area (Å²) < 4.78 is 0. The maximum Gasteiger partial charge on any atom is 0.110 e. The van der Waals surface area contributed by atoms with Crippen molar-refractivity contribution < 1.29 is 0 Å². The Kier molecular flexibility index (Phi) is 3.18. The largest absolute Gasteiger partial charge is 0.309 e. The Morgan fingerprint density at radius 3 is 2.86 bits per heavy atom. The van der Waals surface area contributed by atoms with Crippen molar-refractivity contribution in [3.8, 4) is 6.07 Å². The third kappa shape index (κ3) is 2.34. The smallest absolute Gasteiger partial charge is 0.110 e. The molecule has 0 atom stereocenters. The number of nitriles is 1. The van der Waals surface area contributed by atoms with Gasteiger partial charge in [-0.1, -0.05) is 12.8 Å². The van der Waals surface area contributed by atoms with E-state index in [2.05, 4.69) is 11.4 Å². The van der Waals surface area contributed by atoms with Crippen LogP contribution in [0.2, 0.25) is 0 Å². The maximum absolute atomic E-state index is 8.67. The van der Waals surface area contributed by atoms with Gasteiger partial charge in [-0.3, -0.25) is 0 Å². The molecule has 0 aliphatic heterocycles. The molecule has 0 saturated heterocycles. The number of nitrogens with zero attached hydrogens (tertiary/aromatic N) is 1. The van der Waals surface area contributed by atoms with Crippen LogP contribution in [0.15, 0.2) is 12.1 Å². The van der Waals surface area contributed by atoms with Crippen LogP contribution in [0.1, 0.15) is 35.4 Å². The van der Waals surface area contributed by atoms with Crippen LogP contribution < -0.4 is 5.32 Å². The van der Waals surface area contributed by atoms with E-state index in [9.17, 15) is 0 Å². The van der Waals surface area contributed by atoms with Crippen LogP contribution in [0.25, 0.3) is 0 Å². The summed E-state index contributed by atoms with van der Waals surface area (Å²) in [5.74, 6) is 0. The first-order chi connectivity index (χ1) is 6.88. The van der Waals surface area contributed by atoms with Gasteiger partial charge < -0.3 is 5.32 Å². The Balaban J connectivity index is 1.82. The van der Waals surface area contributed by atoms with Crippen molar-refractivity contribution >= 4 is 11.3 Å². The van der Waals surface area contributed by atoms with Crippen molar-refractivity contribution in [2.24, 2.45) is 0 Å². The molecule has 1 aromatic heterocycles. The summed E-state index contributed by atoms with van der Waals surface area (Å²) >= 11 is 1.59. The molecule has 0 unspecified atom stereocenters. The molecule has 1 fully saturated rings. The molecule has 0 amide bonds. The zero-order valence-electron chi connectivity index (χ0n) is 8.12. The minimum atomic E-state index is 0.711. The third-order valence-electron chi connectivity index (χ3n) is 2.69. The van der Waals surface area contributed by atoms with Crippen molar-refractivity contribution in [1.82, 2.24) is 5.32 Å². The molecule has 3 heteroatoms. The fourth-order valence-corrected chi connectivity index (χ4v) is 2.66. The third-order valence-corrected chi connectivity index (χ3v) is 3.68. The predicted molar refractivity (Wildman–Crippen MR) is 58.1 cm³/mol. The van der Waals surface area contributed by atoms with Crippen LogP contribution in [0.5, 0.6) is 0 Å². The van der Waals surface area contributed by atoms with Gasteiger partial charge in [-0.25, -0.2) is 0 Å². The van der Waals surface area contributed by atoms with Crippen molar-refractivity contribution in [3.63, 3.8) is 0 Å². The summed E-state index contributed by atoms with van der Waals surface area (Å²) in [6, 6.07) is 6.82. The van der Waals surface area contributed by atoms with E-state index >= 15 is 0 Å². The van der Waals surface area contributed by atoms with Crippen LogP contribution >= 0.6 is 11.3 Å². The Hall–Kier alpha value is -0.850. The Labute approximate surface area is 88.6 Å². The molecule has 0 spiro atoms. The zero-order valence-corrected chi connectivity index (χ0v) is 8.94. The standard InChI is InChI=1S/C11H14N2S/c12-7-10-5-6-11(14-10)8-13-9-3-1-2-4-9/h5-6,9,13H,1-4,8H2. The van der Waals surface area contributed by atoms with Gasteiger partial charge in [0.1, 0.15) is 10.9 Å². The molecule has 14 heavy (non-hydrogen) atoms. The van der Waals surface area contributed by atoms with Gasteiger partial charge in [0.2, 0.25) is 0 Å². The molecular weight excluding hydrogens is 192 g/mol. The van der Waals surface area contributed by atoms with Crippen LogP contribution in [-0.4, -0.2) is 6.04 Å². The lowest BCUT2D eigenvalue weighted by Gasteiger charge is -2.09. The van der Waals surface area contributed by atoms with E-state index in [1.807, 2.05) is 12.1 Å². The molecule has 2 rings (SSSR count). The molecule has 1 saturated carbocycles. The second-order valence-corrected chi connectivity index (χ2v) is 4.91. The highest BCUT2D eigenvalue weighted by Gasteiger charge is 2.13. The van der Waals surface area contributed by atoms with Gasteiger partial charge in [0, 0.05) is 17.5 Å². The molecule has 0 radical (unpaired) electrons. The molecular formula is C11H14N2S. The topological polar surface area (TPSA) is 35.8 Å². The van der Waals surface area contributed by atoms with Crippen molar-refractivity contribution in [1.29, 1.82) is 5.26 Å². The molecule has 1 aliphatic carbocycles. The SMILES string of the molecule is N#Cc1ccc(CNC2CCCC2)s1. The predicted octanol–water partition coefficient (Wildman–Crippen LogP) is 2.65. The summed E-state index contributed by atoms with van der Waals surface area (Å²) in [7, 11) is 0. The molecule has 1 N–H and O–H groups in total. The number of rotatable bonds is 3. The second kappa shape index (κ2) is 4.59. The fraction of sp³-hybridized carbons (Fsp3) is 0.545. The minimum absolute atomic E-state index is 0.711. The number of nitrogens with one attached hydrogen (secondary N) is 1. The zero-order chi connectivity index (χ0) is 9.80. The Bertz CT molecular complexity index is 331. The maximum atomic E-state index is 8.67. The lowest BCUT2D eigenvalue weighted by molar-refractivity contribution is 0.527. The molecule has 0 aromatic carbocycles. The van der Waals surface area contributed by atoms with Gasteiger partial charge in [0.15, 0.2) is 0 Å². The van der Waals surface area contributed by atoms with E-state index < -0.39 is 0 Å². The second-order valence-electron chi connectivity index (χ2n) is 3.74. The van der Waals surface area contributed by atoms with Gasteiger partial charge >= 0.3 is 0 Å². The summed E-state index contributed by atoms with van der Waals surface area (Å²) in [5, 5.41) is 12.2. The summed E-state index contributed by atoms with van der Waals surface area (Å²) in [6.07, 6.45) is 5.37. The lowest BCUT2D eigenvalue weighted by atomic mass is 10.2. The first kappa shape index (κ1) is 9.70. The van der Waals surface area contributed by atoms with Crippen LogP contribution in [0.3, 0.4) is 0 Å². The van der Waals surface area contributed by atoms with Gasteiger partial charge in [-0.15, -0.1) is 11.3 Å². The first-order valence-corrected chi connectivity index (χ1v) is 5.92. The van der Waals surface area contributed by atoms with Gasteiger partial charge in [-0.05, 0) is 25.0 Å². The molecule has 74 valence electrons. The van der Waals surface area contributed by atoms with Crippen LogP contribution in [0.4, 0.5) is 0 Å². The Morgan fingerprint density at radius 2 is 2.21 bits per heavy atom. The Morgan fingerprint density at radius 1 is 1.43 bits per heavy atom. The normalized spacial score (nSPS) is 17.1. The highest BCUT2D eigenvalue weighted by Crippen LogP contribution is 2.20. The molecule has 1 heterocycles. The lowest BCUT2D eigenvalue weighted by Crippen LogP contribution is -2.24. The van der Waals surface area contributed by atoms with Crippen LogP contribution in [0, 0.1) is 11.3 Å². The van der Waals surface area contributed by atoms with E-state index in [-0.39, 0.29) is 0 Å². The number of thiophene rings is 1. The average Bonchev–Trinajstić information content (AvgIpc) is 2.86. The highest BCUT2D eigenvalue weighted by molar-refractivity contribution is 7.12. The van der Waals surface area contributed by atoms with E-state index in [1.165, 1.54) is 30.6 Å². The van der Waals surface area contributed by atoms with E-state index in [4.69, 9.17) is 5.26 Å². The van der Waals surface area contributed by atoms with Gasteiger partial charge in [-0.2, -0.15) is 5.26 Å². The molecule has 0 bridgehead atoms. The fourth-order valence-electron chi connectivity index (χ4n) is 1.91. The molecule has 2 nitrogen and oxygen atoms in total. The number of hydrogen-bond acceptors (Lipinski definition) is 3. The summed E-state index contributed by atoms with van der Waals surface area (Å²) in [5.41, 5.74) is 0. The van der Waals surface area contributed by atoms with E-state index in [0.29, 0.717) is 6.04 Å². The summed E-state index contributed by atoms with van der Waals surface area (Å²) in [4.78, 5) is 2.08. The first-order valence-electron chi connectivity index (χ1n) is 5.10. The van der Waals surface area contributed by atoms with Crippen molar-refractivity contribution in [3.05, 3.63) is 21.9 Å². The monoisotopic (exact) mass is 206 g/mol. The van der Waals surface area contributed by atoms with Crippen molar-refractivity contribution in [2.75, 3.05) is 0 Å². The van der Waals surface area contributed by atoms with Crippen LogP contribution in [-0.2, 0) is 6.54 Å². The average molecular weight is 206 g/mol. The van der Waals surface area contributed by atoms with Gasteiger partial charge in [0.05, 0.1) is 0 Å². The number of hydrogen-bond donors (Lipinski definition) is 1. The van der Waals surface area contributed by atoms with Gasteiger partial charge in [0.25, 0.3) is 0 Å².